The zero-order valence-electron chi connectivity index (χ0n) is 6.57. The number of rotatable bonds is 2. The molecule has 66 valence electrons. The summed E-state index contributed by atoms with van der Waals surface area (Å²) in [4.78, 5) is 0. The maximum atomic E-state index is 9.50. The van der Waals surface area contributed by atoms with Gasteiger partial charge in [0.05, 0.1) is 0 Å². The molecule has 2 N–H and O–H groups in total. The summed E-state index contributed by atoms with van der Waals surface area (Å²) in [5.41, 5.74) is 0.792. The monoisotopic (exact) mass is 230 g/mol. The molecule has 0 fully saturated rings. The average molecular weight is 231 g/mol. The van der Waals surface area contributed by atoms with Crippen LogP contribution in [0.25, 0.3) is 0 Å². The van der Waals surface area contributed by atoms with Crippen molar-refractivity contribution >= 4 is 15.9 Å². The van der Waals surface area contributed by atoms with Crippen molar-refractivity contribution in [1.29, 1.82) is 0 Å². The third kappa shape index (κ3) is 1.86. The quantitative estimate of drug-likeness (QED) is 0.707. The van der Waals surface area contributed by atoms with E-state index in [1.54, 1.807) is 18.2 Å². The molecule has 2 atom stereocenters. The van der Waals surface area contributed by atoms with E-state index in [0.717, 1.165) is 5.57 Å². The van der Waals surface area contributed by atoms with Crippen LogP contribution in [0.15, 0.2) is 34.9 Å². The standard InChI is InChI=1S/C9H11BrO2/c1-2-3-6-4-5-7(10)9(12)8(6)11/h2,4-5,8-9,11-12H,1,3H2/t8-,9+/m1/s1. The van der Waals surface area contributed by atoms with Crippen LogP contribution in [0.3, 0.4) is 0 Å². The Balaban J connectivity index is 2.81. The summed E-state index contributed by atoms with van der Waals surface area (Å²) in [5.74, 6) is 0. The van der Waals surface area contributed by atoms with Crippen LogP contribution >= 0.6 is 15.9 Å². The van der Waals surface area contributed by atoms with Gasteiger partial charge in [-0.25, -0.2) is 0 Å². The molecule has 0 saturated heterocycles. The second kappa shape index (κ2) is 4.03. The summed E-state index contributed by atoms with van der Waals surface area (Å²) in [6, 6.07) is 0. The number of aliphatic hydroxyl groups excluding tert-OH is 2. The summed E-state index contributed by atoms with van der Waals surface area (Å²) in [6.45, 7) is 3.57. The molecule has 2 nitrogen and oxygen atoms in total. The Kier molecular flexibility index (Phi) is 3.26. The van der Waals surface area contributed by atoms with Crippen LogP contribution in [-0.2, 0) is 0 Å². The number of aliphatic hydroxyl groups is 2. The first-order valence-electron chi connectivity index (χ1n) is 3.70. The fourth-order valence-corrected chi connectivity index (χ4v) is 1.48. The first-order valence-corrected chi connectivity index (χ1v) is 4.49. The van der Waals surface area contributed by atoms with E-state index >= 15 is 0 Å². The highest BCUT2D eigenvalue weighted by molar-refractivity contribution is 9.11. The van der Waals surface area contributed by atoms with Crippen LogP contribution < -0.4 is 0 Å². The molecule has 0 aromatic carbocycles. The van der Waals surface area contributed by atoms with Crippen LogP contribution in [0, 0.1) is 0 Å². The second-order valence-corrected chi connectivity index (χ2v) is 3.59. The Morgan fingerprint density at radius 1 is 1.42 bits per heavy atom. The van der Waals surface area contributed by atoms with Crippen molar-refractivity contribution < 1.29 is 10.2 Å². The van der Waals surface area contributed by atoms with E-state index < -0.39 is 12.2 Å². The van der Waals surface area contributed by atoms with Gasteiger partial charge in [0, 0.05) is 4.48 Å². The third-order valence-electron chi connectivity index (χ3n) is 1.80. The zero-order valence-corrected chi connectivity index (χ0v) is 8.16. The minimum atomic E-state index is -0.829. The predicted molar refractivity (Wildman–Crippen MR) is 51.9 cm³/mol. The Morgan fingerprint density at radius 3 is 2.67 bits per heavy atom. The molecule has 0 heterocycles. The van der Waals surface area contributed by atoms with Gasteiger partial charge in [0.25, 0.3) is 0 Å². The molecular weight excluding hydrogens is 220 g/mol. The fraction of sp³-hybridized carbons (Fsp3) is 0.333. The lowest BCUT2D eigenvalue weighted by molar-refractivity contribution is 0.0684. The molecule has 0 aromatic heterocycles. The number of hydrogen-bond donors (Lipinski definition) is 2. The maximum absolute atomic E-state index is 9.50. The minimum Gasteiger partial charge on any atom is -0.386 e. The van der Waals surface area contributed by atoms with Gasteiger partial charge in [0.2, 0.25) is 0 Å². The molecule has 12 heavy (non-hydrogen) atoms. The summed E-state index contributed by atoms with van der Waals surface area (Å²) >= 11 is 3.15. The van der Waals surface area contributed by atoms with Crippen molar-refractivity contribution in [3.8, 4) is 0 Å². The summed E-state index contributed by atoms with van der Waals surface area (Å²) in [5, 5.41) is 18.9. The molecule has 1 aliphatic rings. The fourth-order valence-electron chi connectivity index (χ4n) is 1.09. The Labute approximate surface area is 80.0 Å². The first kappa shape index (κ1) is 9.71. The normalized spacial score (nSPS) is 29.2. The topological polar surface area (TPSA) is 40.5 Å². The van der Waals surface area contributed by atoms with Gasteiger partial charge in [0.15, 0.2) is 0 Å². The van der Waals surface area contributed by atoms with Gasteiger partial charge in [-0.15, -0.1) is 6.58 Å². The Bertz CT molecular complexity index is 243. The van der Waals surface area contributed by atoms with E-state index in [-0.39, 0.29) is 0 Å². The summed E-state index contributed by atoms with van der Waals surface area (Å²) in [7, 11) is 0. The molecule has 0 amide bonds. The molecule has 0 aliphatic heterocycles. The highest BCUT2D eigenvalue weighted by Crippen LogP contribution is 2.25. The highest BCUT2D eigenvalue weighted by Gasteiger charge is 2.24. The van der Waals surface area contributed by atoms with Gasteiger partial charge in [-0.1, -0.05) is 28.1 Å². The summed E-state index contributed by atoms with van der Waals surface area (Å²) in [6.07, 6.45) is 4.22. The average Bonchev–Trinajstić information content (AvgIpc) is 2.07. The van der Waals surface area contributed by atoms with Gasteiger partial charge in [-0.3, -0.25) is 0 Å². The lowest BCUT2D eigenvalue weighted by Crippen LogP contribution is -2.29. The second-order valence-electron chi connectivity index (χ2n) is 2.68. The van der Waals surface area contributed by atoms with Crippen molar-refractivity contribution in [3.63, 3.8) is 0 Å². The largest absolute Gasteiger partial charge is 0.386 e. The molecular formula is C9H11BrO2. The van der Waals surface area contributed by atoms with Crippen molar-refractivity contribution in [1.82, 2.24) is 0 Å². The first-order chi connectivity index (χ1) is 5.66. The van der Waals surface area contributed by atoms with Crippen LogP contribution in [-0.4, -0.2) is 22.4 Å². The minimum absolute atomic E-state index is 0.606. The van der Waals surface area contributed by atoms with E-state index in [1.165, 1.54) is 0 Å². The van der Waals surface area contributed by atoms with E-state index in [4.69, 9.17) is 0 Å². The smallest absolute Gasteiger partial charge is 0.115 e. The van der Waals surface area contributed by atoms with Crippen LogP contribution in [0.2, 0.25) is 0 Å². The lowest BCUT2D eigenvalue weighted by Gasteiger charge is -2.22. The van der Waals surface area contributed by atoms with E-state index in [9.17, 15) is 10.2 Å². The lowest BCUT2D eigenvalue weighted by atomic mass is 9.97. The van der Waals surface area contributed by atoms with Gasteiger partial charge in [-0.05, 0) is 18.1 Å². The van der Waals surface area contributed by atoms with Gasteiger partial charge >= 0.3 is 0 Å². The SMILES string of the molecule is C=CCC1=CC=C(Br)[C@H](O)[C@@H]1O. The Hall–Kier alpha value is -0.380. The van der Waals surface area contributed by atoms with Crippen molar-refractivity contribution in [2.45, 2.75) is 18.6 Å². The molecule has 0 bridgehead atoms. The molecule has 1 rings (SSSR count). The highest BCUT2D eigenvalue weighted by atomic mass is 79.9. The number of hydrogen-bond acceptors (Lipinski definition) is 2. The molecule has 0 saturated carbocycles. The van der Waals surface area contributed by atoms with Crippen LogP contribution in [0.1, 0.15) is 6.42 Å². The van der Waals surface area contributed by atoms with Gasteiger partial charge in [0.1, 0.15) is 12.2 Å². The number of halogens is 1. The summed E-state index contributed by atoms with van der Waals surface area (Å²) < 4.78 is 0.614. The van der Waals surface area contributed by atoms with Crippen LogP contribution in [0.5, 0.6) is 0 Å². The van der Waals surface area contributed by atoms with Crippen molar-refractivity contribution in [2.24, 2.45) is 0 Å². The maximum Gasteiger partial charge on any atom is 0.115 e. The van der Waals surface area contributed by atoms with Crippen molar-refractivity contribution in [3.05, 3.63) is 34.9 Å². The van der Waals surface area contributed by atoms with Gasteiger partial charge in [-0.2, -0.15) is 0 Å². The molecule has 0 radical (unpaired) electrons. The third-order valence-corrected chi connectivity index (χ3v) is 2.53. The molecule has 3 heteroatoms. The zero-order chi connectivity index (χ0) is 9.14. The Morgan fingerprint density at radius 2 is 2.08 bits per heavy atom. The van der Waals surface area contributed by atoms with Gasteiger partial charge < -0.3 is 10.2 Å². The molecule has 0 spiro atoms. The van der Waals surface area contributed by atoms with E-state index in [1.807, 2.05) is 0 Å². The predicted octanol–water partition coefficient (Wildman–Crippen LogP) is 1.50. The van der Waals surface area contributed by atoms with E-state index in [2.05, 4.69) is 22.5 Å². The van der Waals surface area contributed by atoms with E-state index in [0.29, 0.717) is 10.9 Å². The van der Waals surface area contributed by atoms with Crippen molar-refractivity contribution in [2.75, 3.05) is 0 Å². The van der Waals surface area contributed by atoms with Crippen LogP contribution in [0.4, 0.5) is 0 Å². The molecule has 1 aliphatic carbocycles. The number of allylic oxidation sites excluding steroid dienone is 3. The molecule has 0 unspecified atom stereocenters. The molecule has 0 aromatic rings.